The molecule has 11 heteroatoms. The largest absolute Gasteiger partial charge is 0.279 e. The maximum Gasteiger partial charge on any atom is 0.279 e. The van der Waals surface area contributed by atoms with Crippen molar-refractivity contribution in [1.29, 1.82) is 0 Å². The summed E-state index contributed by atoms with van der Waals surface area (Å²) in [6.45, 7) is 0.424. The zero-order valence-corrected chi connectivity index (χ0v) is 19.2. The van der Waals surface area contributed by atoms with Crippen LogP contribution in [-0.4, -0.2) is 37.6 Å². The van der Waals surface area contributed by atoms with Crippen LogP contribution in [0.15, 0.2) is 58.1 Å². The number of rotatable bonds is 5. The topological polar surface area (TPSA) is 95.6 Å². The van der Waals surface area contributed by atoms with E-state index in [2.05, 4.69) is 10.9 Å². The predicted octanol–water partition coefficient (Wildman–Crippen LogP) is 3.48. The van der Waals surface area contributed by atoms with Crippen LogP contribution in [0.3, 0.4) is 0 Å². The van der Waals surface area contributed by atoms with E-state index in [0.717, 1.165) is 21.8 Å². The first-order valence-corrected chi connectivity index (χ1v) is 13.0. The molecule has 168 valence electrons. The van der Waals surface area contributed by atoms with Crippen molar-refractivity contribution in [3.05, 3.63) is 64.6 Å². The van der Waals surface area contributed by atoms with Crippen molar-refractivity contribution in [1.82, 2.24) is 15.2 Å². The van der Waals surface area contributed by atoms with Crippen LogP contribution in [-0.2, 0) is 14.8 Å². The number of carbonyl (C=O) groups excluding carboxylic acids is 2. The Labute approximate surface area is 192 Å². The highest BCUT2D eigenvalue weighted by Crippen LogP contribution is 2.28. The molecule has 2 amide bonds. The number of hydrogen-bond donors (Lipinski definition) is 2. The van der Waals surface area contributed by atoms with E-state index in [4.69, 9.17) is 0 Å². The predicted molar refractivity (Wildman–Crippen MR) is 121 cm³/mol. The second kappa shape index (κ2) is 9.49. The van der Waals surface area contributed by atoms with Crippen LogP contribution in [0.1, 0.15) is 22.5 Å². The molecule has 2 N–H and O–H groups in total. The van der Waals surface area contributed by atoms with Crippen molar-refractivity contribution < 1.29 is 22.4 Å². The maximum absolute atomic E-state index is 13.1. The quantitative estimate of drug-likeness (QED) is 0.532. The molecule has 0 saturated carbocycles. The molecular weight excluding hydrogens is 473 g/mol. The Morgan fingerprint density at radius 1 is 1.06 bits per heavy atom. The average molecular weight is 494 g/mol. The molecule has 1 unspecified atom stereocenters. The molecule has 3 heterocycles. The van der Waals surface area contributed by atoms with Crippen LogP contribution in [0.2, 0.25) is 0 Å². The summed E-state index contributed by atoms with van der Waals surface area (Å²) in [7, 11) is -3.62. The highest BCUT2D eigenvalue weighted by Gasteiger charge is 2.34. The third kappa shape index (κ3) is 4.90. The minimum atomic E-state index is -3.62. The summed E-state index contributed by atoms with van der Waals surface area (Å²) in [5.41, 5.74) is 5.60. The van der Waals surface area contributed by atoms with Crippen LogP contribution in [0, 0.1) is 11.7 Å². The fourth-order valence-electron chi connectivity index (χ4n) is 3.42. The van der Waals surface area contributed by atoms with Crippen molar-refractivity contribution in [3.8, 4) is 10.4 Å². The Morgan fingerprint density at radius 2 is 1.84 bits per heavy atom. The van der Waals surface area contributed by atoms with Gasteiger partial charge in [-0.25, -0.2) is 12.8 Å². The molecule has 1 aliphatic heterocycles. The molecule has 0 bridgehead atoms. The summed E-state index contributed by atoms with van der Waals surface area (Å²) in [5.74, 6) is -1.80. The standard InChI is InChI=1S/C21H20FN3O4S3/c22-16-7-5-14(6-8-16)17-9-10-18(31-17)21(27)24-23-20(26)15-3-1-11-25(13-15)32(28,29)19-4-2-12-30-19/h2,4-10,12,15H,1,3,11,13H2,(H,23,26)(H,24,27). The van der Waals surface area contributed by atoms with Gasteiger partial charge in [-0.3, -0.25) is 20.4 Å². The van der Waals surface area contributed by atoms with Crippen molar-refractivity contribution in [3.63, 3.8) is 0 Å². The first kappa shape index (κ1) is 22.6. The van der Waals surface area contributed by atoms with Gasteiger partial charge in [0.15, 0.2) is 0 Å². The first-order valence-electron chi connectivity index (χ1n) is 9.84. The van der Waals surface area contributed by atoms with Crippen molar-refractivity contribution in [2.45, 2.75) is 17.1 Å². The summed E-state index contributed by atoms with van der Waals surface area (Å²) >= 11 is 2.36. The molecular formula is C21H20FN3O4S3. The SMILES string of the molecule is O=C(NNC(=O)C1CCCN(S(=O)(=O)c2cccs2)C1)c1ccc(-c2ccc(F)cc2)s1. The van der Waals surface area contributed by atoms with E-state index in [1.54, 1.807) is 41.8 Å². The normalized spacial score (nSPS) is 17.1. The van der Waals surface area contributed by atoms with Gasteiger partial charge in [0, 0.05) is 18.0 Å². The number of piperidine rings is 1. The van der Waals surface area contributed by atoms with Gasteiger partial charge in [-0.15, -0.1) is 22.7 Å². The summed E-state index contributed by atoms with van der Waals surface area (Å²) < 4.78 is 40.1. The maximum atomic E-state index is 13.1. The Kier molecular flexibility index (Phi) is 6.70. The third-order valence-corrected chi connectivity index (χ3v) is 9.47. The number of nitrogens with zero attached hydrogens (tertiary/aromatic N) is 1. The number of sulfonamides is 1. The molecule has 1 fully saturated rings. The number of benzene rings is 1. The summed E-state index contributed by atoms with van der Waals surface area (Å²) in [6, 6.07) is 12.6. The average Bonchev–Trinajstić information content (AvgIpc) is 3.51. The van der Waals surface area contributed by atoms with E-state index in [9.17, 15) is 22.4 Å². The minimum absolute atomic E-state index is 0.0651. The summed E-state index contributed by atoms with van der Waals surface area (Å²) in [4.78, 5) is 26.2. The molecule has 0 radical (unpaired) electrons. The molecule has 4 rings (SSSR count). The molecule has 0 aliphatic carbocycles. The Hall–Kier alpha value is -2.60. The number of amides is 2. The van der Waals surface area contributed by atoms with Gasteiger partial charge in [-0.1, -0.05) is 18.2 Å². The highest BCUT2D eigenvalue weighted by molar-refractivity contribution is 7.91. The lowest BCUT2D eigenvalue weighted by Gasteiger charge is -2.30. The van der Waals surface area contributed by atoms with Gasteiger partial charge in [-0.2, -0.15) is 4.31 Å². The molecule has 3 aromatic rings. The molecule has 32 heavy (non-hydrogen) atoms. The zero-order valence-electron chi connectivity index (χ0n) is 16.8. The van der Waals surface area contributed by atoms with Crippen LogP contribution in [0.5, 0.6) is 0 Å². The number of nitrogens with one attached hydrogen (secondary N) is 2. The molecule has 0 spiro atoms. The van der Waals surface area contributed by atoms with Gasteiger partial charge in [0.05, 0.1) is 10.8 Å². The van der Waals surface area contributed by atoms with Crippen molar-refractivity contribution in [2.75, 3.05) is 13.1 Å². The lowest BCUT2D eigenvalue weighted by Crippen LogP contribution is -2.49. The highest BCUT2D eigenvalue weighted by atomic mass is 32.2. The van der Waals surface area contributed by atoms with Gasteiger partial charge in [0.25, 0.3) is 15.9 Å². The Bertz CT molecular complexity index is 1210. The number of carbonyl (C=O) groups is 2. The van der Waals surface area contributed by atoms with Crippen LogP contribution in [0.4, 0.5) is 4.39 Å². The molecule has 1 aromatic carbocycles. The molecule has 1 aliphatic rings. The number of thiophene rings is 2. The zero-order chi connectivity index (χ0) is 22.7. The van der Waals surface area contributed by atoms with Gasteiger partial charge >= 0.3 is 0 Å². The second-order valence-electron chi connectivity index (χ2n) is 7.25. The number of halogens is 1. The number of hydrogen-bond acceptors (Lipinski definition) is 6. The smallest absolute Gasteiger partial charge is 0.273 e. The van der Waals surface area contributed by atoms with Crippen molar-refractivity contribution in [2.24, 2.45) is 5.92 Å². The van der Waals surface area contributed by atoms with Crippen molar-refractivity contribution >= 4 is 44.5 Å². The molecule has 7 nitrogen and oxygen atoms in total. The fourth-order valence-corrected chi connectivity index (χ4v) is 7.00. The monoisotopic (exact) mass is 493 g/mol. The number of hydrazine groups is 1. The van der Waals surface area contributed by atoms with E-state index in [-0.39, 0.29) is 16.6 Å². The lowest BCUT2D eigenvalue weighted by molar-refractivity contribution is -0.126. The van der Waals surface area contributed by atoms with E-state index in [0.29, 0.717) is 24.3 Å². The van der Waals surface area contributed by atoms with E-state index in [1.165, 1.54) is 27.8 Å². The Morgan fingerprint density at radius 3 is 2.56 bits per heavy atom. The summed E-state index contributed by atoms with van der Waals surface area (Å²) in [6.07, 6.45) is 1.09. The van der Waals surface area contributed by atoms with Gasteiger partial charge in [0.2, 0.25) is 5.91 Å². The van der Waals surface area contributed by atoms with E-state index >= 15 is 0 Å². The van der Waals surface area contributed by atoms with Gasteiger partial charge in [-0.05, 0) is 54.1 Å². The Balaban J connectivity index is 1.34. The second-order valence-corrected chi connectivity index (χ2v) is 11.4. The van der Waals surface area contributed by atoms with E-state index in [1.807, 2.05) is 0 Å². The van der Waals surface area contributed by atoms with E-state index < -0.39 is 27.8 Å². The van der Waals surface area contributed by atoms with Gasteiger partial charge in [0.1, 0.15) is 10.0 Å². The van der Waals surface area contributed by atoms with Crippen LogP contribution < -0.4 is 10.9 Å². The molecule has 1 atom stereocenters. The first-order chi connectivity index (χ1) is 15.3. The summed E-state index contributed by atoms with van der Waals surface area (Å²) in [5, 5.41) is 1.70. The fraction of sp³-hybridized carbons (Fsp3) is 0.238. The molecule has 2 aromatic heterocycles. The van der Waals surface area contributed by atoms with Crippen LogP contribution in [0.25, 0.3) is 10.4 Å². The molecule has 1 saturated heterocycles. The van der Waals surface area contributed by atoms with Gasteiger partial charge < -0.3 is 0 Å². The lowest BCUT2D eigenvalue weighted by atomic mass is 9.99. The third-order valence-electron chi connectivity index (χ3n) is 5.10. The minimum Gasteiger partial charge on any atom is -0.273 e. The van der Waals surface area contributed by atoms with Crippen LogP contribution >= 0.6 is 22.7 Å².